The summed E-state index contributed by atoms with van der Waals surface area (Å²) >= 11 is 0. The van der Waals surface area contributed by atoms with Gasteiger partial charge < -0.3 is 19.5 Å². The lowest BCUT2D eigenvalue weighted by Crippen LogP contribution is -2.46. The van der Waals surface area contributed by atoms with Crippen LogP contribution in [0.25, 0.3) is 0 Å². The highest BCUT2D eigenvalue weighted by molar-refractivity contribution is 5.96. The van der Waals surface area contributed by atoms with Crippen molar-refractivity contribution in [3.8, 4) is 0 Å². The Labute approximate surface area is 144 Å². The van der Waals surface area contributed by atoms with Crippen molar-refractivity contribution in [1.82, 2.24) is 14.8 Å². The normalized spacial score (nSPS) is 15.7. The zero-order valence-corrected chi connectivity index (χ0v) is 15.4. The Morgan fingerprint density at radius 1 is 1.29 bits per heavy atom. The molecule has 0 spiro atoms. The summed E-state index contributed by atoms with van der Waals surface area (Å²) in [5, 5.41) is 3.12. The molecule has 0 bridgehead atoms. The SMILES string of the molecule is CCOC(=O)N1CCC(NC(=O)c2cc(C)n(C(C)C)c2C)CC1. The molecule has 0 aromatic carbocycles. The largest absolute Gasteiger partial charge is 0.450 e. The second kappa shape index (κ2) is 7.73. The summed E-state index contributed by atoms with van der Waals surface area (Å²) in [5.41, 5.74) is 2.85. The second-order valence-corrected chi connectivity index (χ2v) is 6.68. The van der Waals surface area contributed by atoms with Crippen LogP contribution in [0, 0.1) is 13.8 Å². The van der Waals surface area contributed by atoms with Crippen LogP contribution in [0.5, 0.6) is 0 Å². The van der Waals surface area contributed by atoms with Crippen LogP contribution in [0.3, 0.4) is 0 Å². The number of hydrogen-bond acceptors (Lipinski definition) is 3. The zero-order chi connectivity index (χ0) is 17.9. The van der Waals surface area contributed by atoms with Gasteiger partial charge in [0.05, 0.1) is 12.2 Å². The summed E-state index contributed by atoms with van der Waals surface area (Å²) in [7, 11) is 0. The summed E-state index contributed by atoms with van der Waals surface area (Å²) in [5.74, 6) is -0.0235. The number of hydrogen-bond donors (Lipinski definition) is 1. The number of aryl methyl sites for hydroxylation is 1. The van der Waals surface area contributed by atoms with E-state index in [0.29, 0.717) is 25.7 Å². The maximum absolute atomic E-state index is 12.6. The van der Waals surface area contributed by atoms with E-state index in [1.165, 1.54) is 0 Å². The molecule has 6 heteroatoms. The Morgan fingerprint density at radius 2 is 1.92 bits per heavy atom. The van der Waals surface area contributed by atoms with E-state index in [-0.39, 0.29) is 18.0 Å². The van der Waals surface area contributed by atoms with Crippen LogP contribution in [0.2, 0.25) is 0 Å². The third-order valence-electron chi connectivity index (χ3n) is 4.60. The Hall–Kier alpha value is -1.98. The highest BCUT2D eigenvalue weighted by Crippen LogP contribution is 2.21. The topological polar surface area (TPSA) is 63.6 Å². The first kappa shape index (κ1) is 18.4. The van der Waals surface area contributed by atoms with E-state index < -0.39 is 0 Å². The van der Waals surface area contributed by atoms with Gasteiger partial charge in [-0.25, -0.2) is 4.79 Å². The quantitative estimate of drug-likeness (QED) is 0.920. The van der Waals surface area contributed by atoms with Gasteiger partial charge in [-0.2, -0.15) is 0 Å². The first-order valence-electron chi connectivity index (χ1n) is 8.76. The van der Waals surface area contributed by atoms with E-state index in [9.17, 15) is 9.59 Å². The van der Waals surface area contributed by atoms with Crippen LogP contribution in [-0.4, -0.2) is 47.2 Å². The molecule has 1 saturated heterocycles. The lowest BCUT2D eigenvalue weighted by molar-refractivity contribution is 0.0859. The van der Waals surface area contributed by atoms with Crippen molar-refractivity contribution in [2.75, 3.05) is 19.7 Å². The standard InChI is InChI=1S/C18H29N3O3/c1-6-24-18(23)20-9-7-15(8-10-20)19-17(22)16-11-13(4)21(12(2)3)14(16)5/h11-12,15H,6-10H2,1-5H3,(H,19,22). The molecule has 6 nitrogen and oxygen atoms in total. The zero-order valence-electron chi connectivity index (χ0n) is 15.4. The monoisotopic (exact) mass is 335 g/mol. The molecule has 0 unspecified atom stereocenters. The summed E-state index contributed by atoms with van der Waals surface area (Å²) < 4.78 is 7.20. The number of amides is 2. The molecule has 0 radical (unpaired) electrons. The van der Waals surface area contributed by atoms with Gasteiger partial charge in [-0.3, -0.25) is 4.79 Å². The number of carbonyl (C=O) groups is 2. The average Bonchev–Trinajstić information content (AvgIpc) is 2.83. The molecule has 0 saturated carbocycles. The van der Waals surface area contributed by atoms with Crippen LogP contribution in [0.4, 0.5) is 4.79 Å². The lowest BCUT2D eigenvalue weighted by Gasteiger charge is -2.31. The van der Waals surface area contributed by atoms with Crippen molar-refractivity contribution >= 4 is 12.0 Å². The number of nitrogens with one attached hydrogen (secondary N) is 1. The first-order valence-corrected chi connectivity index (χ1v) is 8.76. The second-order valence-electron chi connectivity index (χ2n) is 6.68. The van der Waals surface area contributed by atoms with E-state index in [2.05, 4.69) is 23.7 Å². The van der Waals surface area contributed by atoms with Crippen molar-refractivity contribution in [2.45, 2.75) is 59.5 Å². The molecular formula is C18H29N3O3. The summed E-state index contributed by atoms with van der Waals surface area (Å²) in [6, 6.07) is 2.39. The van der Waals surface area contributed by atoms with Gasteiger partial charge in [0, 0.05) is 36.6 Å². The Kier molecular flexibility index (Phi) is 5.91. The third-order valence-corrected chi connectivity index (χ3v) is 4.60. The molecule has 2 rings (SSSR count). The maximum Gasteiger partial charge on any atom is 0.409 e. The molecule has 0 atom stereocenters. The minimum absolute atomic E-state index is 0.0235. The molecule has 24 heavy (non-hydrogen) atoms. The number of rotatable bonds is 4. The fourth-order valence-electron chi connectivity index (χ4n) is 3.49. The summed E-state index contributed by atoms with van der Waals surface area (Å²) in [6.07, 6.45) is 1.25. The fourth-order valence-corrected chi connectivity index (χ4v) is 3.49. The van der Waals surface area contributed by atoms with E-state index in [4.69, 9.17) is 4.74 Å². The predicted octanol–water partition coefficient (Wildman–Crippen LogP) is 3.04. The Bertz CT molecular complexity index is 599. The molecule has 2 heterocycles. The van der Waals surface area contributed by atoms with Crippen LogP contribution < -0.4 is 5.32 Å². The van der Waals surface area contributed by atoms with Gasteiger partial charge in [0.2, 0.25) is 0 Å². The molecule has 1 aliphatic rings. The van der Waals surface area contributed by atoms with E-state index in [1.54, 1.807) is 11.8 Å². The molecule has 1 aromatic rings. The van der Waals surface area contributed by atoms with Crippen molar-refractivity contribution in [1.29, 1.82) is 0 Å². The average molecular weight is 335 g/mol. The third kappa shape index (κ3) is 3.91. The van der Waals surface area contributed by atoms with E-state index in [0.717, 1.165) is 29.8 Å². The van der Waals surface area contributed by atoms with Gasteiger partial charge in [-0.05, 0) is 53.5 Å². The predicted molar refractivity (Wildman–Crippen MR) is 93.4 cm³/mol. The number of nitrogens with zero attached hydrogens (tertiary/aromatic N) is 2. The van der Waals surface area contributed by atoms with Gasteiger partial charge in [0.1, 0.15) is 0 Å². The molecule has 2 amide bonds. The van der Waals surface area contributed by atoms with Gasteiger partial charge in [-0.15, -0.1) is 0 Å². The van der Waals surface area contributed by atoms with Crippen LogP contribution in [0.15, 0.2) is 6.07 Å². The van der Waals surface area contributed by atoms with Gasteiger partial charge in [-0.1, -0.05) is 0 Å². The first-order chi connectivity index (χ1) is 11.3. The van der Waals surface area contributed by atoms with Crippen molar-refractivity contribution in [2.24, 2.45) is 0 Å². The van der Waals surface area contributed by atoms with Crippen LogP contribution in [0.1, 0.15) is 61.4 Å². The molecular weight excluding hydrogens is 306 g/mol. The fraction of sp³-hybridized carbons (Fsp3) is 0.667. The number of carbonyl (C=O) groups excluding carboxylic acids is 2. The summed E-state index contributed by atoms with van der Waals surface area (Å²) in [6.45, 7) is 11.7. The Morgan fingerprint density at radius 3 is 2.42 bits per heavy atom. The maximum atomic E-state index is 12.6. The lowest BCUT2D eigenvalue weighted by atomic mass is 10.0. The molecule has 1 aliphatic heterocycles. The molecule has 1 N–H and O–H groups in total. The Balaban J connectivity index is 1.95. The minimum atomic E-state index is -0.261. The molecule has 0 aliphatic carbocycles. The van der Waals surface area contributed by atoms with Gasteiger partial charge >= 0.3 is 6.09 Å². The highest BCUT2D eigenvalue weighted by atomic mass is 16.6. The summed E-state index contributed by atoms with van der Waals surface area (Å²) in [4.78, 5) is 26.0. The number of ether oxygens (including phenoxy) is 1. The van der Waals surface area contributed by atoms with Crippen LogP contribution in [-0.2, 0) is 4.74 Å². The van der Waals surface area contributed by atoms with Crippen molar-refractivity contribution in [3.63, 3.8) is 0 Å². The molecule has 1 aromatic heterocycles. The minimum Gasteiger partial charge on any atom is -0.450 e. The van der Waals surface area contributed by atoms with Crippen molar-refractivity contribution in [3.05, 3.63) is 23.0 Å². The number of likely N-dealkylation sites (tertiary alicyclic amines) is 1. The highest BCUT2D eigenvalue weighted by Gasteiger charge is 2.26. The van der Waals surface area contributed by atoms with E-state index in [1.807, 2.05) is 19.9 Å². The number of piperidine rings is 1. The van der Waals surface area contributed by atoms with Crippen molar-refractivity contribution < 1.29 is 14.3 Å². The van der Waals surface area contributed by atoms with Gasteiger partial charge in [0.15, 0.2) is 0 Å². The van der Waals surface area contributed by atoms with E-state index >= 15 is 0 Å². The molecule has 134 valence electrons. The van der Waals surface area contributed by atoms with Crippen LogP contribution >= 0.6 is 0 Å². The number of aromatic nitrogens is 1. The smallest absolute Gasteiger partial charge is 0.409 e. The molecule has 1 fully saturated rings. The van der Waals surface area contributed by atoms with Gasteiger partial charge in [0.25, 0.3) is 5.91 Å².